The smallest absolute Gasteiger partial charge is 0.261 e. The highest BCUT2D eigenvalue weighted by molar-refractivity contribution is 6.32. The van der Waals surface area contributed by atoms with E-state index < -0.39 is 6.10 Å². The van der Waals surface area contributed by atoms with Gasteiger partial charge in [-0.25, -0.2) is 4.98 Å². The van der Waals surface area contributed by atoms with Gasteiger partial charge >= 0.3 is 0 Å². The van der Waals surface area contributed by atoms with Crippen LogP contribution < -0.4 is 10.9 Å². The van der Waals surface area contributed by atoms with E-state index >= 15 is 0 Å². The van der Waals surface area contributed by atoms with Gasteiger partial charge in [0.25, 0.3) is 5.56 Å². The van der Waals surface area contributed by atoms with Gasteiger partial charge in [-0.1, -0.05) is 11.6 Å². The minimum absolute atomic E-state index is 0.121. The van der Waals surface area contributed by atoms with E-state index in [0.717, 1.165) is 0 Å². The van der Waals surface area contributed by atoms with Gasteiger partial charge < -0.3 is 10.4 Å². The monoisotopic (exact) mass is 346 g/mol. The first-order valence-electron chi connectivity index (χ1n) is 7.51. The van der Waals surface area contributed by atoms with Crippen LogP contribution in [0.3, 0.4) is 0 Å². The lowest BCUT2D eigenvalue weighted by Gasteiger charge is -2.14. The number of aliphatic hydroxyl groups excluding tert-OH is 1. The van der Waals surface area contributed by atoms with Gasteiger partial charge in [-0.05, 0) is 25.1 Å². The Bertz CT molecular complexity index is 903. The Labute approximate surface area is 142 Å². The third-order valence-corrected chi connectivity index (χ3v) is 4.45. The molecule has 0 unspecified atom stereocenters. The van der Waals surface area contributed by atoms with E-state index in [4.69, 9.17) is 16.9 Å². The zero-order valence-corrected chi connectivity index (χ0v) is 13.5. The summed E-state index contributed by atoms with van der Waals surface area (Å²) in [6, 6.07) is 4.51. The highest BCUT2D eigenvalue weighted by Crippen LogP contribution is 2.20. The number of hydrogen-bond acceptors (Lipinski definition) is 6. The first kappa shape index (κ1) is 16.6. The molecular formula is C16H15ClN4O3. The van der Waals surface area contributed by atoms with Crippen LogP contribution in [0.15, 0.2) is 23.3 Å². The number of benzene rings is 1. The number of carbonyl (C=O) groups is 1. The van der Waals surface area contributed by atoms with Crippen LogP contribution in [0, 0.1) is 11.3 Å². The van der Waals surface area contributed by atoms with Crippen molar-refractivity contribution in [1.29, 1.82) is 5.26 Å². The van der Waals surface area contributed by atoms with Crippen molar-refractivity contribution in [2.24, 2.45) is 0 Å². The molecule has 2 heterocycles. The predicted molar refractivity (Wildman–Crippen MR) is 87.8 cm³/mol. The van der Waals surface area contributed by atoms with Crippen molar-refractivity contribution in [2.45, 2.75) is 31.5 Å². The topological polar surface area (TPSA) is 108 Å². The van der Waals surface area contributed by atoms with E-state index in [1.807, 2.05) is 6.07 Å². The Morgan fingerprint density at radius 3 is 3.00 bits per heavy atom. The standard InChI is InChI=1S/C16H15ClN4O3/c17-12-5-11-13(3-9(12)6-18)20-8-21(16(11)24)7-10(22)4-14-15(23)1-2-19-14/h3,5,8,14-15,19,23H,1-2,4,7H2/t14-,15+/m0/s1. The number of halogens is 1. The maximum Gasteiger partial charge on any atom is 0.261 e. The summed E-state index contributed by atoms with van der Waals surface area (Å²) in [5.41, 5.74) is 0.211. The van der Waals surface area contributed by atoms with Gasteiger partial charge in [-0.3, -0.25) is 14.2 Å². The number of aromatic nitrogens is 2. The summed E-state index contributed by atoms with van der Waals surface area (Å²) in [5, 5.41) is 22.2. The van der Waals surface area contributed by atoms with E-state index in [9.17, 15) is 14.7 Å². The second kappa shape index (κ2) is 6.69. The lowest BCUT2D eigenvalue weighted by Crippen LogP contribution is -2.34. The highest BCUT2D eigenvalue weighted by atomic mass is 35.5. The minimum Gasteiger partial charge on any atom is -0.391 e. The van der Waals surface area contributed by atoms with Crippen molar-refractivity contribution in [3.8, 4) is 6.07 Å². The van der Waals surface area contributed by atoms with Crippen LogP contribution in [0.4, 0.5) is 0 Å². The molecule has 24 heavy (non-hydrogen) atoms. The van der Waals surface area contributed by atoms with E-state index in [1.165, 1.54) is 23.0 Å². The minimum atomic E-state index is -0.538. The Kier molecular flexibility index (Phi) is 4.62. The molecule has 0 amide bonds. The molecule has 8 heteroatoms. The average molecular weight is 347 g/mol. The number of hydrogen-bond donors (Lipinski definition) is 2. The van der Waals surface area contributed by atoms with Crippen LogP contribution in [0.5, 0.6) is 0 Å². The summed E-state index contributed by atoms with van der Waals surface area (Å²) < 4.78 is 1.22. The number of nitrogens with one attached hydrogen (secondary N) is 1. The highest BCUT2D eigenvalue weighted by Gasteiger charge is 2.26. The summed E-state index contributed by atoms with van der Waals surface area (Å²) in [5.74, 6) is -0.170. The largest absolute Gasteiger partial charge is 0.391 e. The Balaban J connectivity index is 1.85. The Morgan fingerprint density at radius 2 is 2.33 bits per heavy atom. The molecule has 1 aliphatic rings. The summed E-state index contributed by atoms with van der Waals surface area (Å²) in [4.78, 5) is 28.8. The maximum absolute atomic E-state index is 12.5. The van der Waals surface area contributed by atoms with Crippen LogP contribution in [0.2, 0.25) is 5.02 Å². The van der Waals surface area contributed by atoms with Crippen LogP contribution in [0.1, 0.15) is 18.4 Å². The fourth-order valence-corrected chi connectivity index (χ4v) is 3.05. The van der Waals surface area contributed by atoms with Crippen molar-refractivity contribution in [3.05, 3.63) is 39.4 Å². The molecule has 0 aliphatic carbocycles. The molecule has 1 aromatic heterocycles. The average Bonchev–Trinajstić information content (AvgIpc) is 2.95. The molecule has 0 saturated carbocycles. The fraction of sp³-hybridized carbons (Fsp3) is 0.375. The van der Waals surface area contributed by atoms with E-state index in [-0.39, 0.29) is 46.3 Å². The van der Waals surface area contributed by atoms with Crippen LogP contribution in [-0.2, 0) is 11.3 Å². The lowest BCUT2D eigenvalue weighted by molar-refractivity contribution is -0.120. The Hall–Kier alpha value is -2.27. The van der Waals surface area contributed by atoms with Gasteiger partial charge in [0.15, 0.2) is 5.78 Å². The van der Waals surface area contributed by atoms with Gasteiger partial charge in [-0.15, -0.1) is 0 Å². The molecule has 1 saturated heterocycles. The summed E-state index contributed by atoms with van der Waals surface area (Å²) in [7, 11) is 0. The number of fused-ring (bicyclic) bond motifs is 1. The predicted octanol–water partition coefficient (Wildman–Crippen LogP) is 0.604. The van der Waals surface area contributed by atoms with Crippen molar-refractivity contribution in [1.82, 2.24) is 14.9 Å². The van der Waals surface area contributed by atoms with Gasteiger partial charge in [0, 0.05) is 12.5 Å². The molecule has 0 bridgehead atoms. The second-order valence-corrected chi connectivity index (χ2v) is 6.21. The Morgan fingerprint density at radius 1 is 1.54 bits per heavy atom. The molecule has 124 valence electrons. The van der Waals surface area contributed by atoms with Crippen LogP contribution >= 0.6 is 11.6 Å². The fourth-order valence-electron chi connectivity index (χ4n) is 2.84. The van der Waals surface area contributed by atoms with E-state index in [0.29, 0.717) is 18.5 Å². The quantitative estimate of drug-likeness (QED) is 0.839. The summed E-state index contributed by atoms with van der Waals surface area (Å²) in [6.45, 7) is 0.556. The van der Waals surface area contributed by atoms with Crippen molar-refractivity contribution < 1.29 is 9.90 Å². The van der Waals surface area contributed by atoms with Crippen molar-refractivity contribution >= 4 is 28.3 Å². The van der Waals surface area contributed by atoms with Crippen molar-refractivity contribution in [3.63, 3.8) is 0 Å². The molecule has 1 aromatic carbocycles. The molecule has 2 N–H and O–H groups in total. The number of nitriles is 1. The number of carbonyl (C=O) groups excluding carboxylic acids is 1. The molecule has 2 aromatic rings. The molecule has 0 radical (unpaired) electrons. The normalized spacial score (nSPS) is 20.2. The first-order valence-corrected chi connectivity index (χ1v) is 7.89. The van der Waals surface area contributed by atoms with Gasteiger partial charge in [0.2, 0.25) is 0 Å². The molecule has 7 nitrogen and oxygen atoms in total. The van der Waals surface area contributed by atoms with Gasteiger partial charge in [0.1, 0.15) is 6.07 Å². The van der Waals surface area contributed by atoms with Crippen molar-refractivity contribution in [2.75, 3.05) is 6.54 Å². The third kappa shape index (κ3) is 3.17. The maximum atomic E-state index is 12.5. The van der Waals surface area contributed by atoms with E-state index in [1.54, 1.807) is 0 Å². The van der Waals surface area contributed by atoms with Gasteiger partial charge in [0.05, 0.1) is 40.5 Å². The SMILES string of the molecule is N#Cc1cc2ncn(CC(=O)C[C@@H]3NCC[C@H]3O)c(=O)c2cc1Cl. The lowest BCUT2D eigenvalue weighted by atomic mass is 10.1. The molecule has 1 fully saturated rings. The zero-order chi connectivity index (χ0) is 17.3. The molecule has 2 atom stereocenters. The molecular weight excluding hydrogens is 332 g/mol. The number of aliphatic hydroxyl groups is 1. The first-order chi connectivity index (χ1) is 11.5. The second-order valence-electron chi connectivity index (χ2n) is 5.80. The molecule has 3 rings (SSSR count). The molecule has 1 aliphatic heterocycles. The number of Topliss-reactive ketones (excluding diaryl/α,β-unsaturated/α-hetero) is 1. The van der Waals surface area contributed by atoms with Crippen LogP contribution in [-0.4, -0.2) is 39.1 Å². The van der Waals surface area contributed by atoms with Crippen LogP contribution in [0.25, 0.3) is 10.9 Å². The third-order valence-electron chi connectivity index (χ3n) is 4.14. The zero-order valence-electron chi connectivity index (χ0n) is 12.7. The summed E-state index contributed by atoms with van der Waals surface area (Å²) in [6.07, 6.45) is 1.52. The van der Waals surface area contributed by atoms with E-state index in [2.05, 4.69) is 10.3 Å². The number of nitrogens with zero attached hydrogens (tertiary/aromatic N) is 3. The number of rotatable bonds is 4. The molecule has 0 spiro atoms. The van der Waals surface area contributed by atoms with Gasteiger partial charge in [-0.2, -0.15) is 5.26 Å². The summed E-state index contributed by atoms with van der Waals surface area (Å²) >= 11 is 5.96. The number of ketones is 1.